The summed E-state index contributed by atoms with van der Waals surface area (Å²) < 4.78 is 8.72. The molecule has 29 heavy (non-hydrogen) atoms. The highest BCUT2D eigenvalue weighted by Crippen LogP contribution is 2.26. The molecule has 0 aliphatic heterocycles. The van der Waals surface area contributed by atoms with Gasteiger partial charge in [0.2, 0.25) is 5.13 Å². The van der Waals surface area contributed by atoms with Crippen LogP contribution >= 0.6 is 23.1 Å². The van der Waals surface area contributed by atoms with E-state index in [9.17, 15) is 4.79 Å². The number of ether oxygens (including phenoxy) is 1. The van der Waals surface area contributed by atoms with E-state index in [2.05, 4.69) is 20.5 Å². The number of nitrogens with zero attached hydrogens (tertiary/aromatic N) is 4. The van der Waals surface area contributed by atoms with Crippen LogP contribution in [0.25, 0.3) is 5.65 Å². The fourth-order valence-electron chi connectivity index (χ4n) is 2.81. The second-order valence-electron chi connectivity index (χ2n) is 6.20. The Labute approximate surface area is 176 Å². The number of para-hydroxylation sites is 1. The predicted molar refractivity (Wildman–Crippen MR) is 115 cm³/mol. The monoisotopic (exact) mass is 425 g/mol. The van der Waals surface area contributed by atoms with Gasteiger partial charge < -0.3 is 9.14 Å². The van der Waals surface area contributed by atoms with E-state index in [-0.39, 0.29) is 12.5 Å². The zero-order chi connectivity index (χ0) is 20.2. The van der Waals surface area contributed by atoms with Gasteiger partial charge in [-0.2, -0.15) is 0 Å². The Bertz CT molecular complexity index is 1150. The van der Waals surface area contributed by atoms with Gasteiger partial charge in [0.1, 0.15) is 18.0 Å². The van der Waals surface area contributed by atoms with Crippen molar-refractivity contribution in [3.63, 3.8) is 0 Å². The Hall–Kier alpha value is -2.91. The molecule has 4 aromatic rings. The number of aromatic nitrogens is 4. The standard InChI is InChI=1S/C20H19N5O2S2/c1-3-28-20-24-23-19(29-20)22-18(26)15-8-4-5-9-16(15)27-12-14-11-25-10-6-7-13(2)17(25)21-14/h4-11H,3,12H2,1-2H3,(H,22,23,26). The minimum absolute atomic E-state index is 0.265. The molecular weight excluding hydrogens is 406 g/mol. The van der Waals surface area contributed by atoms with Crippen molar-refractivity contribution in [3.05, 3.63) is 65.6 Å². The Morgan fingerprint density at radius 2 is 2.10 bits per heavy atom. The number of aryl methyl sites for hydroxylation is 1. The summed E-state index contributed by atoms with van der Waals surface area (Å²) in [6.45, 7) is 4.33. The minimum atomic E-state index is -0.282. The van der Waals surface area contributed by atoms with Crippen molar-refractivity contribution < 1.29 is 9.53 Å². The molecule has 0 saturated heterocycles. The van der Waals surface area contributed by atoms with Crippen molar-refractivity contribution in [1.29, 1.82) is 0 Å². The zero-order valence-electron chi connectivity index (χ0n) is 16.0. The fraction of sp³-hybridized carbons (Fsp3) is 0.200. The maximum Gasteiger partial charge on any atom is 0.261 e. The van der Waals surface area contributed by atoms with E-state index in [0.717, 1.165) is 27.0 Å². The molecule has 0 aliphatic carbocycles. The summed E-state index contributed by atoms with van der Waals surface area (Å²) in [6.07, 6.45) is 3.88. The third kappa shape index (κ3) is 4.41. The summed E-state index contributed by atoms with van der Waals surface area (Å²) >= 11 is 2.95. The third-order valence-corrected chi connectivity index (χ3v) is 5.98. The first-order valence-corrected chi connectivity index (χ1v) is 10.9. The number of nitrogens with one attached hydrogen (secondary N) is 1. The number of carbonyl (C=O) groups excluding carboxylic acids is 1. The van der Waals surface area contributed by atoms with Gasteiger partial charge in [-0.05, 0) is 36.4 Å². The van der Waals surface area contributed by atoms with Crippen LogP contribution in [0.1, 0.15) is 28.5 Å². The number of thioether (sulfide) groups is 1. The van der Waals surface area contributed by atoms with Crippen molar-refractivity contribution in [2.75, 3.05) is 11.1 Å². The molecule has 0 unspecified atom stereocenters. The molecule has 0 bridgehead atoms. The minimum Gasteiger partial charge on any atom is -0.486 e. The normalized spacial score (nSPS) is 11.0. The van der Waals surface area contributed by atoms with Crippen molar-refractivity contribution in [3.8, 4) is 5.75 Å². The van der Waals surface area contributed by atoms with Crippen LogP contribution in [0, 0.1) is 6.92 Å². The lowest BCUT2D eigenvalue weighted by molar-refractivity contribution is 0.102. The molecule has 1 aromatic carbocycles. The first-order valence-electron chi connectivity index (χ1n) is 9.06. The lowest BCUT2D eigenvalue weighted by atomic mass is 10.2. The van der Waals surface area contributed by atoms with E-state index in [4.69, 9.17) is 4.74 Å². The van der Waals surface area contributed by atoms with Gasteiger partial charge in [0.15, 0.2) is 4.34 Å². The van der Waals surface area contributed by atoms with Crippen molar-refractivity contribution in [2.24, 2.45) is 0 Å². The van der Waals surface area contributed by atoms with Crippen molar-refractivity contribution in [2.45, 2.75) is 24.8 Å². The topological polar surface area (TPSA) is 81.4 Å². The van der Waals surface area contributed by atoms with Gasteiger partial charge >= 0.3 is 0 Å². The number of carbonyl (C=O) groups is 1. The van der Waals surface area contributed by atoms with Gasteiger partial charge in [-0.1, -0.05) is 48.2 Å². The number of anilines is 1. The Morgan fingerprint density at radius 1 is 1.24 bits per heavy atom. The Balaban J connectivity index is 1.48. The van der Waals surface area contributed by atoms with E-state index in [1.54, 1.807) is 30.0 Å². The summed E-state index contributed by atoms with van der Waals surface area (Å²) in [5, 5.41) is 11.3. The number of benzene rings is 1. The van der Waals surface area contributed by atoms with Crippen LogP contribution in [0.3, 0.4) is 0 Å². The van der Waals surface area contributed by atoms with Gasteiger partial charge in [-0.25, -0.2) is 4.98 Å². The second-order valence-corrected chi connectivity index (χ2v) is 8.69. The first kappa shape index (κ1) is 19.4. The van der Waals surface area contributed by atoms with Crippen LogP contribution in [-0.2, 0) is 6.61 Å². The highest BCUT2D eigenvalue weighted by atomic mass is 32.2. The maximum atomic E-state index is 12.7. The molecule has 4 rings (SSSR count). The summed E-state index contributed by atoms with van der Waals surface area (Å²) in [6, 6.07) is 11.1. The predicted octanol–water partition coefficient (Wildman–Crippen LogP) is 4.44. The number of hydrogen-bond donors (Lipinski definition) is 1. The number of fused-ring (bicyclic) bond motifs is 1. The number of amides is 1. The SMILES string of the molecule is CCSc1nnc(NC(=O)c2ccccc2OCc2cn3cccc(C)c3n2)s1. The largest absolute Gasteiger partial charge is 0.486 e. The highest BCUT2D eigenvalue weighted by molar-refractivity contribution is 8.01. The number of imidazole rings is 1. The van der Waals surface area contributed by atoms with E-state index in [1.165, 1.54) is 11.3 Å². The van der Waals surface area contributed by atoms with Gasteiger partial charge in [0.25, 0.3) is 5.91 Å². The molecular formula is C20H19N5O2S2. The molecule has 0 spiro atoms. The number of hydrogen-bond acceptors (Lipinski definition) is 7. The molecule has 0 fully saturated rings. The maximum absolute atomic E-state index is 12.7. The van der Waals surface area contributed by atoms with Crippen LogP contribution in [-0.4, -0.2) is 31.2 Å². The molecule has 0 radical (unpaired) electrons. The first-order chi connectivity index (χ1) is 14.1. The van der Waals surface area contributed by atoms with Gasteiger partial charge in [0, 0.05) is 12.4 Å². The quantitative estimate of drug-likeness (QED) is 0.348. The average molecular weight is 426 g/mol. The number of pyridine rings is 1. The zero-order valence-corrected chi connectivity index (χ0v) is 17.6. The second kappa shape index (κ2) is 8.62. The van der Waals surface area contributed by atoms with Crippen LogP contribution in [0.2, 0.25) is 0 Å². The van der Waals surface area contributed by atoms with Gasteiger partial charge in [-0.3, -0.25) is 10.1 Å². The molecule has 3 heterocycles. The molecule has 1 amide bonds. The molecule has 148 valence electrons. The Kier molecular flexibility index (Phi) is 5.77. The van der Waals surface area contributed by atoms with Gasteiger partial charge in [0.05, 0.1) is 11.3 Å². The van der Waals surface area contributed by atoms with E-state index in [0.29, 0.717) is 16.4 Å². The van der Waals surface area contributed by atoms with Gasteiger partial charge in [-0.15, -0.1) is 10.2 Å². The molecule has 9 heteroatoms. The van der Waals surface area contributed by atoms with Crippen LogP contribution in [0.5, 0.6) is 5.75 Å². The molecule has 0 aliphatic rings. The summed E-state index contributed by atoms with van der Waals surface area (Å²) in [4.78, 5) is 17.3. The lowest BCUT2D eigenvalue weighted by Gasteiger charge is -2.09. The summed E-state index contributed by atoms with van der Waals surface area (Å²) in [5.74, 6) is 1.11. The van der Waals surface area contributed by atoms with Crippen LogP contribution < -0.4 is 10.1 Å². The van der Waals surface area contributed by atoms with Crippen LogP contribution in [0.15, 0.2) is 53.1 Å². The molecule has 7 nitrogen and oxygen atoms in total. The lowest BCUT2D eigenvalue weighted by Crippen LogP contribution is -2.13. The smallest absolute Gasteiger partial charge is 0.261 e. The molecule has 3 aromatic heterocycles. The molecule has 0 saturated carbocycles. The van der Waals surface area contributed by atoms with Crippen molar-refractivity contribution in [1.82, 2.24) is 19.6 Å². The molecule has 1 N–H and O–H groups in total. The molecule has 0 atom stereocenters. The number of rotatable bonds is 7. The van der Waals surface area contributed by atoms with E-state index >= 15 is 0 Å². The highest BCUT2D eigenvalue weighted by Gasteiger charge is 2.15. The van der Waals surface area contributed by atoms with Crippen molar-refractivity contribution >= 4 is 39.8 Å². The van der Waals surface area contributed by atoms with Crippen LogP contribution in [0.4, 0.5) is 5.13 Å². The Morgan fingerprint density at radius 3 is 2.93 bits per heavy atom. The summed E-state index contributed by atoms with van der Waals surface area (Å²) in [5.41, 5.74) is 3.22. The average Bonchev–Trinajstić information content (AvgIpc) is 3.34. The van der Waals surface area contributed by atoms with E-state index in [1.807, 2.05) is 48.8 Å². The third-order valence-electron chi connectivity index (χ3n) is 4.13. The van der Waals surface area contributed by atoms with E-state index < -0.39 is 0 Å². The summed E-state index contributed by atoms with van der Waals surface area (Å²) in [7, 11) is 0. The fourth-order valence-corrected chi connectivity index (χ4v) is 4.46.